The minimum Gasteiger partial charge on any atom is -0.463 e. The first-order chi connectivity index (χ1) is 12.9. The molecule has 27 heavy (non-hydrogen) atoms. The normalized spacial score (nSPS) is 11.6. The van der Waals surface area contributed by atoms with E-state index in [1.807, 2.05) is 18.2 Å². The zero-order valence-corrected chi connectivity index (χ0v) is 15.5. The van der Waals surface area contributed by atoms with E-state index in [4.69, 9.17) is 21.2 Å². The molecule has 0 saturated heterocycles. The number of furan rings is 1. The molecule has 0 aliphatic carbocycles. The van der Waals surface area contributed by atoms with Gasteiger partial charge in [0.25, 0.3) is 0 Å². The first kappa shape index (κ1) is 17.5. The molecule has 0 saturated carbocycles. The smallest absolute Gasteiger partial charge is 0.240 e. The van der Waals surface area contributed by atoms with E-state index >= 15 is 0 Å². The Labute approximate surface area is 160 Å². The maximum atomic E-state index is 12.1. The highest BCUT2D eigenvalue weighted by Crippen LogP contribution is 2.31. The summed E-state index contributed by atoms with van der Waals surface area (Å²) in [7, 11) is -3.94. The summed E-state index contributed by atoms with van der Waals surface area (Å²) in [4.78, 5) is -0.0192. The quantitative estimate of drug-likeness (QED) is 0.559. The van der Waals surface area contributed by atoms with Crippen molar-refractivity contribution < 1.29 is 12.8 Å². The van der Waals surface area contributed by atoms with Gasteiger partial charge in [-0.25, -0.2) is 18.2 Å². The van der Waals surface area contributed by atoms with Gasteiger partial charge >= 0.3 is 0 Å². The topological polar surface area (TPSA) is 91.1 Å². The molecule has 0 aliphatic heterocycles. The molecule has 136 valence electrons. The molecule has 0 spiro atoms. The van der Waals surface area contributed by atoms with Crippen molar-refractivity contribution in [2.24, 2.45) is 5.14 Å². The molecule has 2 N–H and O–H groups in total. The van der Waals surface area contributed by atoms with E-state index in [1.165, 1.54) is 6.07 Å². The molecule has 2 heterocycles. The Morgan fingerprint density at radius 3 is 2.41 bits per heavy atom. The molecular weight excluding hydrogens is 386 g/mol. The molecule has 4 rings (SSSR count). The Hall–Kier alpha value is -2.87. The Balaban J connectivity index is 1.99. The number of rotatable bonds is 4. The summed E-state index contributed by atoms with van der Waals surface area (Å²) in [6, 6.07) is 19.0. The van der Waals surface area contributed by atoms with Crippen LogP contribution < -0.4 is 5.14 Å². The third-order valence-electron chi connectivity index (χ3n) is 4.02. The lowest BCUT2D eigenvalue weighted by Gasteiger charge is -2.11. The maximum Gasteiger partial charge on any atom is 0.240 e. The van der Waals surface area contributed by atoms with E-state index < -0.39 is 10.0 Å². The van der Waals surface area contributed by atoms with Gasteiger partial charge in [0.2, 0.25) is 10.0 Å². The van der Waals surface area contributed by atoms with Crippen LogP contribution in [-0.4, -0.2) is 18.2 Å². The maximum absolute atomic E-state index is 12.1. The summed E-state index contributed by atoms with van der Waals surface area (Å²) in [5.74, 6) is 0.567. The van der Waals surface area contributed by atoms with Gasteiger partial charge in [-0.2, -0.15) is 5.10 Å². The van der Waals surface area contributed by atoms with Crippen LogP contribution in [0.4, 0.5) is 0 Å². The molecule has 0 fully saturated rings. The number of para-hydroxylation sites is 1. The van der Waals surface area contributed by atoms with Crippen molar-refractivity contribution in [3.63, 3.8) is 0 Å². The summed E-state index contributed by atoms with van der Waals surface area (Å²) in [6.45, 7) is 0. The molecular formula is C19H14ClN3O3S. The van der Waals surface area contributed by atoms with E-state index in [-0.39, 0.29) is 4.90 Å². The lowest BCUT2D eigenvalue weighted by molar-refractivity contribution is 0.579. The van der Waals surface area contributed by atoms with Gasteiger partial charge in [-0.15, -0.1) is 0 Å². The molecule has 4 aromatic rings. The van der Waals surface area contributed by atoms with Gasteiger partial charge < -0.3 is 4.42 Å². The van der Waals surface area contributed by atoms with Gasteiger partial charge in [0.1, 0.15) is 10.6 Å². The fourth-order valence-corrected chi connectivity index (χ4v) is 3.65. The minimum atomic E-state index is -3.94. The number of aromatic nitrogens is 2. The zero-order chi connectivity index (χ0) is 19.0. The number of nitrogens with two attached hydrogens (primary N) is 1. The van der Waals surface area contributed by atoms with Gasteiger partial charge in [-0.1, -0.05) is 35.9 Å². The van der Waals surface area contributed by atoms with Crippen molar-refractivity contribution in [3.8, 4) is 28.4 Å². The summed E-state index contributed by atoms with van der Waals surface area (Å²) in [5, 5.41) is 10.6. The highest BCUT2D eigenvalue weighted by molar-refractivity contribution is 7.89. The monoisotopic (exact) mass is 399 g/mol. The third-order valence-corrected chi connectivity index (χ3v) is 5.23. The van der Waals surface area contributed by atoms with E-state index in [1.54, 1.807) is 53.4 Å². The van der Waals surface area contributed by atoms with Crippen molar-refractivity contribution in [2.75, 3.05) is 0 Å². The predicted molar refractivity (Wildman–Crippen MR) is 103 cm³/mol. The number of sulfonamides is 1. The van der Waals surface area contributed by atoms with E-state index in [0.29, 0.717) is 27.9 Å². The summed E-state index contributed by atoms with van der Waals surface area (Å²) in [5.41, 5.74) is 2.40. The molecule has 0 bridgehead atoms. The van der Waals surface area contributed by atoms with Crippen LogP contribution >= 0.6 is 11.6 Å². The van der Waals surface area contributed by atoms with Gasteiger partial charge in [0.15, 0.2) is 5.76 Å². The molecule has 0 unspecified atom stereocenters. The summed E-state index contributed by atoms with van der Waals surface area (Å²) < 4.78 is 31.1. The number of halogens is 1. The SMILES string of the molecule is NS(=O)(=O)c1ccccc1-n1nc(-c2ccco2)cc1-c1ccc(Cl)cc1. The zero-order valence-electron chi connectivity index (χ0n) is 13.9. The average Bonchev–Trinajstić information content (AvgIpc) is 3.31. The van der Waals surface area contributed by atoms with Crippen molar-refractivity contribution >= 4 is 21.6 Å². The largest absolute Gasteiger partial charge is 0.463 e. The molecule has 2 aromatic carbocycles. The van der Waals surface area contributed by atoms with Crippen LogP contribution in [0.25, 0.3) is 28.4 Å². The second kappa shape index (κ2) is 6.70. The Kier molecular flexibility index (Phi) is 4.35. The molecule has 2 aromatic heterocycles. The average molecular weight is 400 g/mol. The first-order valence-corrected chi connectivity index (χ1v) is 9.88. The summed E-state index contributed by atoms with van der Waals surface area (Å²) in [6.07, 6.45) is 1.55. The molecule has 0 radical (unpaired) electrons. The number of primary sulfonamides is 1. The number of benzene rings is 2. The Morgan fingerprint density at radius 1 is 1.00 bits per heavy atom. The second-order valence-electron chi connectivity index (χ2n) is 5.82. The van der Waals surface area contributed by atoms with E-state index in [2.05, 4.69) is 5.10 Å². The fourth-order valence-electron chi connectivity index (χ4n) is 2.81. The fraction of sp³-hybridized carbons (Fsp3) is 0. The van der Waals surface area contributed by atoms with Crippen LogP contribution in [0.1, 0.15) is 0 Å². The molecule has 8 heteroatoms. The molecule has 6 nitrogen and oxygen atoms in total. The summed E-state index contributed by atoms with van der Waals surface area (Å²) >= 11 is 5.99. The molecule has 0 atom stereocenters. The lowest BCUT2D eigenvalue weighted by Crippen LogP contribution is -2.16. The predicted octanol–water partition coefficient (Wildman–Crippen LogP) is 4.10. The second-order valence-corrected chi connectivity index (χ2v) is 7.79. The number of nitrogens with zero attached hydrogens (tertiary/aromatic N) is 2. The highest BCUT2D eigenvalue weighted by Gasteiger charge is 2.20. The number of hydrogen-bond donors (Lipinski definition) is 1. The minimum absolute atomic E-state index is 0.0192. The standard InChI is InChI=1S/C19H14ClN3O3S/c20-14-9-7-13(8-10-14)17-12-15(18-5-3-11-26-18)22-23(17)16-4-1-2-6-19(16)27(21,24)25/h1-12H,(H2,21,24,25). The van der Waals surface area contributed by atoms with E-state index in [9.17, 15) is 8.42 Å². The third kappa shape index (κ3) is 3.40. The van der Waals surface area contributed by atoms with Crippen LogP contribution in [0.2, 0.25) is 5.02 Å². The van der Waals surface area contributed by atoms with Crippen LogP contribution in [0.15, 0.2) is 82.3 Å². The van der Waals surface area contributed by atoms with Gasteiger partial charge in [0.05, 0.1) is 17.6 Å². The Morgan fingerprint density at radius 2 is 1.74 bits per heavy atom. The van der Waals surface area contributed by atoms with Crippen molar-refractivity contribution in [1.82, 2.24) is 9.78 Å². The highest BCUT2D eigenvalue weighted by atomic mass is 35.5. The van der Waals surface area contributed by atoms with Crippen molar-refractivity contribution in [3.05, 3.63) is 78.0 Å². The van der Waals surface area contributed by atoms with Gasteiger partial charge in [0, 0.05) is 10.6 Å². The van der Waals surface area contributed by atoms with Crippen LogP contribution in [-0.2, 0) is 10.0 Å². The lowest BCUT2D eigenvalue weighted by atomic mass is 10.1. The van der Waals surface area contributed by atoms with E-state index in [0.717, 1.165) is 5.56 Å². The van der Waals surface area contributed by atoms with Gasteiger partial charge in [-0.05, 0) is 42.5 Å². The number of hydrogen-bond acceptors (Lipinski definition) is 4. The van der Waals surface area contributed by atoms with Gasteiger partial charge in [-0.3, -0.25) is 0 Å². The van der Waals surface area contributed by atoms with Crippen LogP contribution in [0.3, 0.4) is 0 Å². The van der Waals surface area contributed by atoms with Crippen molar-refractivity contribution in [1.29, 1.82) is 0 Å². The molecule has 0 amide bonds. The van der Waals surface area contributed by atoms with Crippen LogP contribution in [0.5, 0.6) is 0 Å². The van der Waals surface area contributed by atoms with Crippen molar-refractivity contribution in [2.45, 2.75) is 4.90 Å². The molecule has 0 aliphatic rings. The first-order valence-electron chi connectivity index (χ1n) is 7.95. The van der Waals surface area contributed by atoms with Crippen LogP contribution in [0, 0.1) is 0 Å². The Bertz CT molecular complexity index is 1200.